The molecule has 4 aromatic rings. The highest BCUT2D eigenvalue weighted by molar-refractivity contribution is 7.99. The number of thioether (sulfide) groups is 1. The fourth-order valence-electron chi connectivity index (χ4n) is 2.09. The van der Waals surface area contributed by atoms with Gasteiger partial charge in [-0.05, 0) is 24.4 Å². The van der Waals surface area contributed by atoms with Gasteiger partial charge in [-0.15, -0.1) is 31.7 Å². The van der Waals surface area contributed by atoms with Gasteiger partial charge in [-0.3, -0.25) is 4.40 Å². The second kappa shape index (κ2) is 6.36. The SMILES string of the molecule is CC(Sc1nnc2c(Cl)cc(Cl)cn12)c1nnc(-c2cccs2)o1. The number of pyridine rings is 1. The number of fused-ring (bicyclic) bond motifs is 1. The summed E-state index contributed by atoms with van der Waals surface area (Å²) < 4.78 is 7.51. The van der Waals surface area contributed by atoms with Crippen molar-refractivity contribution in [3.8, 4) is 10.8 Å². The summed E-state index contributed by atoms with van der Waals surface area (Å²) in [5.74, 6) is 1.04. The van der Waals surface area contributed by atoms with Crippen molar-refractivity contribution >= 4 is 51.9 Å². The Bertz CT molecular complexity index is 998. The van der Waals surface area contributed by atoms with Crippen LogP contribution in [-0.2, 0) is 0 Å². The van der Waals surface area contributed by atoms with Gasteiger partial charge in [0.25, 0.3) is 5.89 Å². The van der Waals surface area contributed by atoms with Crippen molar-refractivity contribution < 1.29 is 4.42 Å². The lowest BCUT2D eigenvalue weighted by Gasteiger charge is -2.05. The van der Waals surface area contributed by atoms with Crippen molar-refractivity contribution in [3.63, 3.8) is 0 Å². The minimum Gasteiger partial charge on any atom is -0.419 e. The maximum atomic E-state index is 6.13. The number of thiophene rings is 1. The van der Waals surface area contributed by atoms with Gasteiger partial charge in [0, 0.05) is 6.20 Å². The van der Waals surface area contributed by atoms with Crippen LogP contribution in [0.25, 0.3) is 16.4 Å². The van der Waals surface area contributed by atoms with E-state index in [1.807, 2.05) is 24.4 Å². The average molecular weight is 398 g/mol. The second-order valence-corrected chi connectivity index (χ2v) is 7.96. The van der Waals surface area contributed by atoms with E-state index in [-0.39, 0.29) is 5.25 Å². The number of halogens is 2. The molecule has 0 fully saturated rings. The third-order valence-electron chi connectivity index (χ3n) is 3.20. The maximum absolute atomic E-state index is 6.13. The van der Waals surface area contributed by atoms with Crippen molar-refractivity contribution in [1.29, 1.82) is 0 Å². The molecule has 0 aliphatic heterocycles. The topological polar surface area (TPSA) is 69.1 Å². The molecule has 1 unspecified atom stereocenters. The van der Waals surface area contributed by atoms with E-state index in [2.05, 4.69) is 20.4 Å². The van der Waals surface area contributed by atoms with Crippen molar-refractivity contribution in [2.24, 2.45) is 0 Å². The molecule has 0 N–H and O–H groups in total. The van der Waals surface area contributed by atoms with Crippen LogP contribution in [0.3, 0.4) is 0 Å². The molecule has 0 saturated carbocycles. The van der Waals surface area contributed by atoms with E-state index < -0.39 is 0 Å². The molecular formula is C14H9Cl2N5OS2. The first-order valence-corrected chi connectivity index (χ1v) is 9.37. The molecule has 0 bridgehead atoms. The standard InChI is InChI=1S/C14H9Cl2N5OS2/c1-7(12-18-19-13(22-12)10-3-2-4-23-10)24-14-20-17-11-9(16)5-8(15)6-21(11)14/h2-7H,1H3. The minimum atomic E-state index is -0.101. The first-order valence-electron chi connectivity index (χ1n) is 6.85. The molecule has 6 nitrogen and oxygen atoms in total. The molecular weight excluding hydrogens is 389 g/mol. The van der Waals surface area contributed by atoms with E-state index in [9.17, 15) is 0 Å². The van der Waals surface area contributed by atoms with Gasteiger partial charge < -0.3 is 4.42 Å². The Morgan fingerprint density at radius 3 is 2.92 bits per heavy atom. The molecule has 1 atom stereocenters. The van der Waals surface area contributed by atoms with Crippen LogP contribution in [0.5, 0.6) is 0 Å². The predicted octanol–water partition coefficient (Wildman–Crippen LogP) is 5.00. The molecule has 4 rings (SSSR count). The Morgan fingerprint density at radius 2 is 2.12 bits per heavy atom. The average Bonchev–Trinajstić information content (AvgIpc) is 3.27. The van der Waals surface area contributed by atoms with E-state index in [1.54, 1.807) is 28.0 Å². The van der Waals surface area contributed by atoms with Gasteiger partial charge in [0.2, 0.25) is 5.89 Å². The predicted molar refractivity (Wildman–Crippen MR) is 94.9 cm³/mol. The zero-order valence-corrected chi connectivity index (χ0v) is 15.3. The molecule has 122 valence electrons. The Kier molecular flexibility index (Phi) is 4.21. The van der Waals surface area contributed by atoms with Gasteiger partial charge in [0.1, 0.15) is 0 Å². The van der Waals surface area contributed by atoms with E-state index in [1.165, 1.54) is 11.8 Å². The van der Waals surface area contributed by atoms with Crippen molar-refractivity contribution in [1.82, 2.24) is 24.8 Å². The van der Waals surface area contributed by atoms with Gasteiger partial charge in [-0.2, -0.15) is 0 Å². The lowest BCUT2D eigenvalue weighted by Crippen LogP contribution is -1.93. The lowest BCUT2D eigenvalue weighted by molar-refractivity contribution is 0.510. The Morgan fingerprint density at radius 1 is 1.25 bits per heavy atom. The summed E-state index contributed by atoms with van der Waals surface area (Å²) in [6.07, 6.45) is 1.72. The number of hydrogen-bond acceptors (Lipinski definition) is 7. The van der Waals surface area contributed by atoms with Crippen LogP contribution < -0.4 is 0 Å². The fourth-order valence-corrected chi connectivity index (χ4v) is 4.10. The largest absolute Gasteiger partial charge is 0.419 e. The monoisotopic (exact) mass is 397 g/mol. The van der Waals surface area contributed by atoms with Crippen LogP contribution in [0.1, 0.15) is 18.1 Å². The maximum Gasteiger partial charge on any atom is 0.257 e. The van der Waals surface area contributed by atoms with Crippen LogP contribution in [0.4, 0.5) is 0 Å². The van der Waals surface area contributed by atoms with Crippen LogP contribution >= 0.6 is 46.3 Å². The summed E-state index contributed by atoms with van der Waals surface area (Å²) >= 11 is 15.2. The number of nitrogens with zero attached hydrogens (tertiary/aromatic N) is 5. The summed E-state index contributed by atoms with van der Waals surface area (Å²) in [6, 6.07) is 5.52. The highest BCUT2D eigenvalue weighted by atomic mass is 35.5. The molecule has 0 saturated heterocycles. The Labute approximate surface area is 154 Å². The zero-order chi connectivity index (χ0) is 16.7. The summed E-state index contributed by atoms with van der Waals surface area (Å²) in [7, 11) is 0. The van der Waals surface area contributed by atoms with Crippen LogP contribution in [-0.4, -0.2) is 24.8 Å². The first kappa shape index (κ1) is 15.9. The van der Waals surface area contributed by atoms with Crippen molar-refractivity contribution in [3.05, 3.63) is 45.7 Å². The van der Waals surface area contributed by atoms with Crippen molar-refractivity contribution in [2.75, 3.05) is 0 Å². The lowest BCUT2D eigenvalue weighted by atomic mass is 10.5. The van der Waals surface area contributed by atoms with Gasteiger partial charge in [-0.25, -0.2) is 0 Å². The van der Waals surface area contributed by atoms with Gasteiger partial charge >= 0.3 is 0 Å². The summed E-state index contributed by atoms with van der Waals surface area (Å²) in [5, 5.41) is 20.0. The number of hydrogen-bond donors (Lipinski definition) is 0. The number of rotatable bonds is 4. The summed E-state index contributed by atoms with van der Waals surface area (Å²) in [5.41, 5.74) is 0.556. The van der Waals surface area contributed by atoms with Crippen LogP contribution in [0.2, 0.25) is 10.0 Å². The van der Waals surface area contributed by atoms with Crippen LogP contribution in [0, 0.1) is 0 Å². The van der Waals surface area contributed by atoms with Gasteiger partial charge in [0.15, 0.2) is 10.8 Å². The molecule has 0 aliphatic rings. The quantitative estimate of drug-likeness (QED) is 0.451. The van der Waals surface area contributed by atoms with E-state index in [4.69, 9.17) is 27.6 Å². The van der Waals surface area contributed by atoms with E-state index >= 15 is 0 Å². The molecule has 24 heavy (non-hydrogen) atoms. The smallest absolute Gasteiger partial charge is 0.257 e. The minimum absolute atomic E-state index is 0.101. The first-order chi connectivity index (χ1) is 11.6. The Balaban J connectivity index is 1.61. The highest BCUT2D eigenvalue weighted by Crippen LogP contribution is 2.36. The molecule has 10 heteroatoms. The normalized spacial score (nSPS) is 12.8. The molecule has 4 aromatic heterocycles. The second-order valence-electron chi connectivity index (χ2n) is 4.87. The number of aromatic nitrogens is 5. The van der Waals surface area contributed by atoms with Crippen molar-refractivity contribution in [2.45, 2.75) is 17.3 Å². The van der Waals surface area contributed by atoms with E-state index in [0.29, 0.717) is 32.6 Å². The Hall–Kier alpha value is -1.61. The molecule has 0 amide bonds. The van der Waals surface area contributed by atoms with Gasteiger partial charge in [0.05, 0.1) is 20.2 Å². The molecule has 4 heterocycles. The molecule has 0 spiro atoms. The molecule has 0 aliphatic carbocycles. The third kappa shape index (κ3) is 2.90. The molecule has 0 aromatic carbocycles. The summed E-state index contributed by atoms with van der Waals surface area (Å²) in [6.45, 7) is 1.96. The van der Waals surface area contributed by atoms with E-state index in [0.717, 1.165) is 4.88 Å². The van der Waals surface area contributed by atoms with Crippen LogP contribution in [0.15, 0.2) is 39.3 Å². The van der Waals surface area contributed by atoms with Gasteiger partial charge in [-0.1, -0.05) is 41.0 Å². The zero-order valence-electron chi connectivity index (χ0n) is 12.2. The highest BCUT2D eigenvalue weighted by Gasteiger charge is 2.20. The third-order valence-corrected chi connectivity index (χ3v) is 5.58. The summed E-state index contributed by atoms with van der Waals surface area (Å²) in [4.78, 5) is 0.942. The molecule has 0 radical (unpaired) electrons. The fraction of sp³-hybridized carbons (Fsp3) is 0.143.